The third-order valence-corrected chi connectivity index (χ3v) is 3.48. The van der Waals surface area contributed by atoms with Gasteiger partial charge in [-0.1, -0.05) is 36.4 Å². The first-order valence-corrected chi connectivity index (χ1v) is 7.25. The number of amides is 1. The number of nitro benzene ring substituents is 1. The Morgan fingerprint density at radius 3 is 2.61 bits per heavy atom. The fraction of sp³-hybridized carbons (Fsp3) is 0.235. The summed E-state index contributed by atoms with van der Waals surface area (Å²) in [5.41, 5.74) is 1.34. The van der Waals surface area contributed by atoms with Crippen LogP contribution in [0.5, 0.6) is 0 Å². The standard InChI is InChI=1S/C17H18N2O4/c1-12-7-8-15(19(22)23)14(11-12)17(21)18-10-9-16(20)13-5-3-2-4-6-13/h2-8,11,16,20H,9-10H2,1H3,(H,18,21). The summed E-state index contributed by atoms with van der Waals surface area (Å²) >= 11 is 0. The van der Waals surface area contributed by atoms with Crippen molar-refractivity contribution in [2.45, 2.75) is 19.4 Å². The van der Waals surface area contributed by atoms with Gasteiger partial charge in [0.15, 0.2) is 0 Å². The molecule has 0 aliphatic carbocycles. The van der Waals surface area contributed by atoms with Crippen LogP contribution in [-0.2, 0) is 0 Å². The van der Waals surface area contributed by atoms with E-state index in [0.29, 0.717) is 6.42 Å². The molecule has 0 fully saturated rings. The molecule has 2 aromatic rings. The van der Waals surface area contributed by atoms with E-state index in [-0.39, 0.29) is 17.8 Å². The lowest BCUT2D eigenvalue weighted by Crippen LogP contribution is -2.26. The number of benzene rings is 2. The van der Waals surface area contributed by atoms with Crippen LogP contribution in [0.4, 0.5) is 5.69 Å². The minimum Gasteiger partial charge on any atom is -0.388 e. The van der Waals surface area contributed by atoms with E-state index in [4.69, 9.17) is 0 Å². The number of hydrogen-bond donors (Lipinski definition) is 2. The summed E-state index contributed by atoms with van der Waals surface area (Å²) in [6.45, 7) is 1.99. The van der Waals surface area contributed by atoms with Crippen molar-refractivity contribution in [3.8, 4) is 0 Å². The summed E-state index contributed by atoms with van der Waals surface area (Å²) in [7, 11) is 0. The van der Waals surface area contributed by atoms with Gasteiger partial charge in [0.05, 0.1) is 11.0 Å². The predicted octanol–water partition coefficient (Wildman–Crippen LogP) is 2.76. The van der Waals surface area contributed by atoms with Crippen LogP contribution in [0, 0.1) is 17.0 Å². The van der Waals surface area contributed by atoms with Gasteiger partial charge in [-0.25, -0.2) is 0 Å². The molecule has 0 radical (unpaired) electrons. The Balaban J connectivity index is 1.98. The number of hydrogen-bond acceptors (Lipinski definition) is 4. The van der Waals surface area contributed by atoms with Crippen LogP contribution in [0.3, 0.4) is 0 Å². The molecule has 2 rings (SSSR count). The SMILES string of the molecule is Cc1ccc([N+](=O)[O-])c(C(=O)NCCC(O)c2ccccc2)c1. The van der Waals surface area contributed by atoms with Gasteiger partial charge < -0.3 is 10.4 Å². The fourth-order valence-electron chi connectivity index (χ4n) is 2.25. The van der Waals surface area contributed by atoms with Crippen LogP contribution in [0.1, 0.15) is 34.0 Å². The van der Waals surface area contributed by atoms with E-state index in [2.05, 4.69) is 5.32 Å². The summed E-state index contributed by atoms with van der Waals surface area (Å²) in [5.74, 6) is -0.513. The Morgan fingerprint density at radius 2 is 1.96 bits per heavy atom. The van der Waals surface area contributed by atoms with Crippen LogP contribution < -0.4 is 5.32 Å². The number of carbonyl (C=O) groups excluding carboxylic acids is 1. The molecular weight excluding hydrogens is 296 g/mol. The number of rotatable bonds is 6. The molecule has 0 heterocycles. The van der Waals surface area contributed by atoms with Crippen molar-refractivity contribution >= 4 is 11.6 Å². The highest BCUT2D eigenvalue weighted by Gasteiger charge is 2.20. The molecule has 6 nitrogen and oxygen atoms in total. The first-order chi connectivity index (χ1) is 11.0. The molecule has 0 aliphatic heterocycles. The minimum atomic E-state index is -0.691. The monoisotopic (exact) mass is 314 g/mol. The van der Waals surface area contributed by atoms with Crippen molar-refractivity contribution in [2.24, 2.45) is 0 Å². The Labute approximate surface area is 133 Å². The molecule has 6 heteroatoms. The van der Waals surface area contributed by atoms with Crippen LogP contribution in [-0.4, -0.2) is 22.5 Å². The molecule has 2 aromatic carbocycles. The van der Waals surface area contributed by atoms with Gasteiger partial charge >= 0.3 is 0 Å². The predicted molar refractivity (Wildman–Crippen MR) is 86.2 cm³/mol. The zero-order valence-corrected chi connectivity index (χ0v) is 12.7. The summed E-state index contributed by atoms with van der Waals surface area (Å²) in [5, 5.41) is 23.6. The molecule has 0 saturated heterocycles. The molecule has 1 atom stereocenters. The van der Waals surface area contributed by atoms with Gasteiger partial charge in [-0.3, -0.25) is 14.9 Å². The molecular formula is C17H18N2O4. The summed E-state index contributed by atoms with van der Waals surface area (Å²) in [6, 6.07) is 13.5. The molecule has 23 heavy (non-hydrogen) atoms. The normalized spacial score (nSPS) is 11.7. The van der Waals surface area contributed by atoms with Crippen molar-refractivity contribution in [1.29, 1.82) is 0 Å². The number of carbonyl (C=O) groups is 1. The highest BCUT2D eigenvalue weighted by atomic mass is 16.6. The highest BCUT2D eigenvalue weighted by molar-refractivity contribution is 5.98. The molecule has 0 aliphatic rings. The second-order valence-electron chi connectivity index (χ2n) is 5.25. The number of aryl methyl sites for hydroxylation is 1. The van der Waals surface area contributed by atoms with Crippen molar-refractivity contribution in [1.82, 2.24) is 5.32 Å². The summed E-state index contributed by atoms with van der Waals surface area (Å²) < 4.78 is 0. The lowest BCUT2D eigenvalue weighted by molar-refractivity contribution is -0.385. The Hall–Kier alpha value is -2.73. The quantitative estimate of drug-likeness (QED) is 0.633. The molecule has 1 amide bonds. The van der Waals surface area contributed by atoms with Crippen molar-refractivity contribution in [3.05, 3.63) is 75.3 Å². The smallest absolute Gasteiger partial charge is 0.282 e. The van der Waals surface area contributed by atoms with E-state index in [1.54, 1.807) is 25.1 Å². The van der Waals surface area contributed by atoms with Gasteiger partial charge in [0.1, 0.15) is 5.56 Å². The largest absolute Gasteiger partial charge is 0.388 e. The van der Waals surface area contributed by atoms with E-state index in [9.17, 15) is 20.0 Å². The topological polar surface area (TPSA) is 92.5 Å². The third kappa shape index (κ3) is 4.37. The van der Waals surface area contributed by atoms with Crippen molar-refractivity contribution < 1.29 is 14.8 Å². The van der Waals surface area contributed by atoms with Gasteiger partial charge in [-0.2, -0.15) is 0 Å². The minimum absolute atomic E-state index is 0.0317. The lowest BCUT2D eigenvalue weighted by atomic mass is 10.1. The number of nitrogens with one attached hydrogen (secondary N) is 1. The van der Waals surface area contributed by atoms with Gasteiger partial charge in [-0.15, -0.1) is 0 Å². The zero-order chi connectivity index (χ0) is 16.8. The van der Waals surface area contributed by atoms with Gasteiger partial charge in [0.25, 0.3) is 11.6 Å². The Kier molecular flexibility index (Phi) is 5.43. The Bertz CT molecular complexity index is 701. The zero-order valence-electron chi connectivity index (χ0n) is 12.7. The van der Waals surface area contributed by atoms with E-state index in [1.807, 2.05) is 18.2 Å². The molecule has 0 saturated carbocycles. The summed E-state index contributed by atoms with van der Waals surface area (Å²) in [4.78, 5) is 22.6. The first-order valence-electron chi connectivity index (χ1n) is 7.25. The number of nitrogens with zero attached hydrogens (tertiary/aromatic N) is 1. The summed E-state index contributed by atoms with van der Waals surface area (Å²) in [6.07, 6.45) is -0.362. The first kappa shape index (κ1) is 16.6. The maximum Gasteiger partial charge on any atom is 0.282 e. The number of aliphatic hydroxyl groups excluding tert-OH is 1. The van der Waals surface area contributed by atoms with Crippen LogP contribution in [0.2, 0.25) is 0 Å². The lowest BCUT2D eigenvalue weighted by Gasteiger charge is -2.12. The number of nitro groups is 1. The van der Waals surface area contributed by atoms with Crippen LogP contribution >= 0.6 is 0 Å². The molecule has 1 unspecified atom stereocenters. The van der Waals surface area contributed by atoms with Crippen molar-refractivity contribution in [3.63, 3.8) is 0 Å². The average Bonchev–Trinajstić information content (AvgIpc) is 2.55. The molecule has 0 spiro atoms. The van der Waals surface area contributed by atoms with Gasteiger partial charge in [0.2, 0.25) is 0 Å². The fourth-order valence-corrected chi connectivity index (χ4v) is 2.25. The van der Waals surface area contributed by atoms with Gasteiger partial charge in [-0.05, 0) is 30.5 Å². The number of aliphatic hydroxyl groups is 1. The van der Waals surface area contributed by atoms with Crippen LogP contribution in [0.25, 0.3) is 0 Å². The van der Waals surface area contributed by atoms with Crippen molar-refractivity contribution in [2.75, 3.05) is 6.54 Å². The maximum absolute atomic E-state index is 12.1. The Morgan fingerprint density at radius 1 is 1.26 bits per heavy atom. The highest BCUT2D eigenvalue weighted by Crippen LogP contribution is 2.20. The average molecular weight is 314 g/mol. The molecule has 0 bridgehead atoms. The van der Waals surface area contributed by atoms with Gasteiger partial charge in [0, 0.05) is 12.6 Å². The third-order valence-electron chi connectivity index (χ3n) is 3.48. The second kappa shape index (κ2) is 7.51. The van der Waals surface area contributed by atoms with Crippen LogP contribution in [0.15, 0.2) is 48.5 Å². The van der Waals surface area contributed by atoms with E-state index < -0.39 is 16.9 Å². The maximum atomic E-state index is 12.1. The molecule has 2 N–H and O–H groups in total. The molecule has 120 valence electrons. The molecule has 0 aromatic heterocycles. The van der Waals surface area contributed by atoms with E-state index in [0.717, 1.165) is 11.1 Å². The van der Waals surface area contributed by atoms with E-state index in [1.165, 1.54) is 12.1 Å². The van der Waals surface area contributed by atoms with E-state index >= 15 is 0 Å². The second-order valence-corrected chi connectivity index (χ2v) is 5.25.